The van der Waals surface area contributed by atoms with Gasteiger partial charge in [0.25, 0.3) is 0 Å². The molecule has 1 aliphatic heterocycles. The highest BCUT2D eigenvalue weighted by atomic mass is 35.5. The minimum absolute atomic E-state index is 0.501. The van der Waals surface area contributed by atoms with Gasteiger partial charge in [-0.05, 0) is 19.1 Å². The molecule has 1 saturated heterocycles. The van der Waals surface area contributed by atoms with Crippen molar-refractivity contribution in [1.29, 1.82) is 0 Å². The van der Waals surface area contributed by atoms with E-state index in [-0.39, 0.29) is 0 Å². The Bertz CT molecular complexity index is 608. The number of aliphatic hydroxyl groups excluding tert-OH is 1. The van der Waals surface area contributed by atoms with Crippen molar-refractivity contribution in [2.45, 2.75) is 13.0 Å². The Labute approximate surface area is 133 Å². The van der Waals surface area contributed by atoms with Gasteiger partial charge in [-0.2, -0.15) is 0 Å². The molecule has 0 bridgehead atoms. The highest BCUT2D eigenvalue weighted by Gasteiger charge is 2.21. The number of thiazole rings is 1. The van der Waals surface area contributed by atoms with E-state index in [0.717, 1.165) is 47.7 Å². The molecule has 2 heterocycles. The van der Waals surface area contributed by atoms with E-state index in [1.165, 1.54) is 0 Å². The Kier molecular flexibility index (Phi) is 4.33. The van der Waals surface area contributed by atoms with Crippen LogP contribution in [0.15, 0.2) is 29.6 Å². The van der Waals surface area contributed by atoms with Crippen molar-refractivity contribution in [1.82, 2.24) is 4.98 Å². The molecule has 0 spiro atoms. The number of nitrogens with zero attached hydrogens (tertiary/aromatic N) is 3. The third kappa shape index (κ3) is 3.15. The van der Waals surface area contributed by atoms with E-state index in [4.69, 9.17) is 11.6 Å². The molecule has 1 aliphatic rings. The third-order valence-electron chi connectivity index (χ3n) is 3.68. The molecule has 21 heavy (non-hydrogen) atoms. The summed E-state index contributed by atoms with van der Waals surface area (Å²) in [6, 6.07) is 7.96. The van der Waals surface area contributed by atoms with Crippen LogP contribution in [-0.2, 0) is 0 Å². The maximum atomic E-state index is 9.56. The SMILES string of the molecule is CC(O)c1csc(N2CCN(c3ccccc3Cl)CC2)n1. The van der Waals surface area contributed by atoms with Crippen LogP contribution in [0.3, 0.4) is 0 Å². The first kappa shape index (κ1) is 14.6. The molecule has 0 saturated carbocycles. The molecule has 1 aromatic carbocycles. The van der Waals surface area contributed by atoms with E-state index >= 15 is 0 Å². The van der Waals surface area contributed by atoms with Crippen molar-refractivity contribution < 1.29 is 5.11 Å². The van der Waals surface area contributed by atoms with Crippen molar-refractivity contribution >= 4 is 33.8 Å². The summed E-state index contributed by atoms with van der Waals surface area (Å²) in [6.45, 7) is 5.42. The van der Waals surface area contributed by atoms with Gasteiger partial charge in [0, 0.05) is 31.6 Å². The standard InChI is InChI=1S/C15H18ClN3OS/c1-11(20)13-10-21-15(17-13)19-8-6-18(7-9-19)14-5-3-2-4-12(14)16/h2-5,10-11,20H,6-9H2,1H3. The number of piperazine rings is 1. The Morgan fingerprint density at radius 2 is 1.86 bits per heavy atom. The van der Waals surface area contributed by atoms with E-state index in [0.29, 0.717) is 0 Å². The second-order valence-corrected chi connectivity index (χ2v) is 6.40. The number of aromatic nitrogens is 1. The largest absolute Gasteiger partial charge is 0.387 e. The van der Waals surface area contributed by atoms with E-state index < -0.39 is 6.10 Å². The van der Waals surface area contributed by atoms with Crippen LogP contribution in [0.25, 0.3) is 0 Å². The monoisotopic (exact) mass is 323 g/mol. The van der Waals surface area contributed by atoms with Gasteiger partial charge in [-0.1, -0.05) is 23.7 Å². The first-order valence-corrected chi connectivity index (χ1v) is 8.29. The first-order valence-electron chi connectivity index (χ1n) is 7.03. The molecule has 0 aliphatic carbocycles. The van der Waals surface area contributed by atoms with E-state index in [9.17, 15) is 5.11 Å². The van der Waals surface area contributed by atoms with E-state index in [1.807, 2.05) is 23.6 Å². The highest BCUT2D eigenvalue weighted by Crippen LogP contribution is 2.29. The van der Waals surface area contributed by atoms with Gasteiger partial charge in [0.15, 0.2) is 5.13 Å². The van der Waals surface area contributed by atoms with Gasteiger partial charge in [-0.3, -0.25) is 0 Å². The number of halogens is 1. The van der Waals surface area contributed by atoms with Gasteiger partial charge in [-0.15, -0.1) is 11.3 Å². The van der Waals surface area contributed by atoms with E-state index in [2.05, 4.69) is 20.9 Å². The Balaban J connectivity index is 1.66. The first-order chi connectivity index (χ1) is 10.1. The number of hydrogen-bond acceptors (Lipinski definition) is 5. The van der Waals surface area contributed by atoms with Crippen LogP contribution in [0, 0.1) is 0 Å². The molecule has 1 N–H and O–H groups in total. The smallest absolute Gasteiger partial charge is 0.185 e. The minimum atomic E-state index is -0.501. The normalized spacial score (nSPS) is 17.1. The molecule has 1 unspecified atom stereocenters. The molecule has 0 radical (unpaired) electrons. The molecular formula is C15H18ClN3OS. The maximum absolute atomic E-state index is 9.56. The molecule has 2 aromatic rings. The van der Waals surface area contributed by atoms with Crippen LogP contribution in [0.1, 0.15) is 18.7 Å². The quantitative estimate of drug-likeness (QED) is 0.941. The third-order valence-corrected chi connectivity index (χ3v) is 4.92. The maximum Gasteiger partial charge on any atom is 0.185 e. The van der Waals surface area contributed by atoms with Gasteiger partial charge in [0.05, 0.1) is 22.5 Å². The lowest BCUT2D eigenvalue weighted by Gasteiger charge is -2.36. The summed E-state index contributed by atoms with van der Waals surface area (Å²) >= 11 is 7.85. The van der Waals surface area contributed by atoms with Crippen LogP contribution >= 0.6 is 22.9 Å². The Hall–Kier alpha value is -1.30. The van der Waals surface area contributed by atoms with Gasteiger partial charge in [0.1, 0.15) is 0 Å². The molecule has 1 fully saturated rings. The number of anilines is 2. The summed E-state index contributed by atoms with van der Waals surface area (Å²) in [5.74, 6) is 0. The molecule has 6 heteroatoms. The summed E-state index contributed by atoms with van der Waals surface area (Å²) in [5.41, 5.74) is 1.85. The van der Waals surface area contributed by atoms with Crippen LogP contribution < -0.4 is 9.80 Å². The van der Waals surface area contributed by atoms with Crippen LogP contribution in [0.4, 0.5) is 10.8 Å². The summed E-state index contributed by atoms with van der Waals surface area (Å²) in [4.78, 5) is 9.07. The fourth-order valence-corrected chi connectivity index (χ4v) is 3.68. The predicted molar refractivity (Wildman–Crippen MR) is 88.6 cm³/mol. The highest BCUT2D eigenvalue weighted by molar-refractivity contribution is 7.13. The molecule has 1 atom stereocenters. The molecule has 112 valence electrons. The lowest BCUT2D eigenvalue weighted by atomic mass is 10.2. The average Bonchev–Trinajstić information content (AvgIpc) is 2.98. The molecular weight excluding hydrogens is 306 g/mol. The zero-order valence-corrected chi connectivity index (χ0v) is 13.4. The van der Waals surface area contributed by atoms with Crippen molar-refractivity contribution in [3.8, 4) is 0 Å². The van der Waals surface area contributed by atoms with E-state index in [1.54, 1.807) is 18.3 Å². The summed E-state index contributed by atoms with van der Waals surface area (Å²) in [5, 5.41) is 13.3. The minimum Gasteiger partial charge on any atom is -0.387 e. The average molecular weight is 324 g/mol. The topological polar surface area (TPSA) is 39.6 Å². The van der Waals surface area contributed by atoms with Crippen molar-refractivity contribution in [2.24, 2.45) is 0 Å². The fraction of sp³-hybridized carbons (Fsp3) is 0.400. The number of aliphatic hydroxyl groups is 1. The lowest BCUT2D eigenvalue weighted by Crippen LogP contribution is -2.46. The number of benzene rings is 1. The number of hydrogen-bond donors (Lipinski definition) is 1. The zero-order chi connectivity index (χ0) is 14.8. The summed E-state index contributed by atoms with van der Waals surface area (Å²) in [7, 11) is 0. The lowest BCUT2D eigenvalue weighted by molar-refractivity contribution is 0.195. The van der Waals surface area contributed by atoms with Crippen LogP contribution in [-0.4, -0.2) is 36.3 Å². The molecule has 0 amide bonds. The predicted octanol–water partition coefficient (Wildman–Crippen LogP) is 3.18. The van der Waals surface area contributed by atoms with Crippen molar-refractivity contribution in [3.63, 3.8) is 0 Å². The summed E-state index contributed by atoms with van der Waals surface area (Å²) < 4.78 is 0. The fourth-order valence-electron chi connectivity index (χ4n) is 2.46. The molecule has 3 rings (SSSR count). The van der Waals surface area contributed by atoms with Crippen molar-refractivity contribution in [3.05, 3.63) is 40.4 Å². The van der Waals surface area contributed by atoms with Crippen molar-refractivity contribution in [2.75, 3.05) is 36.0 Å². The summed E-state index contributed by atoms with van der Waals surface area (Å²) in [6.07, 6.45) is -0.501. The Morgan fingerprint density at radius 1 is 1.19 bits per heavy atom. The molecule has 1 aromatic heterocycles. The van der Waals surface area contributed by atoms with Crippen LogP contribution in [0.2, 0.25) is 5.02 Å². The molecule has 4 nitrogen and oxygen atoms in total. The zero-order valence-electron chi connectivity index (χ0n) is 11.9. The van der Waals surface area contributed by atoms with Gasteiger partial charge in [-0.25, -0.2) is 4.98 Å². The number of rotatable bonds is 3. The van der Waals surface area contributed by atoms with Gasteiger partial charge in [0.2, 0.25) is 0 Å². The van der Waals surface area contributed by atoms with Gasteiger partial charge < -0.3 is 14.9 Å². The number of para-hydroxylation sites is 1. The second kappa shape index (κ2) is 6.22. The van der Waals surface area contributed by atoms with Gasteiger partial charge >= 0.3 is 0 Å². The second-order valence-electron chi connectivity index (χ2n) is 5.16. The van der Waals surface area contributed by atoms with Crippen LogP contribution in [0.5, 0.6) is 0 Å². The Morgan fingerprint density at radius 3 is 2.48 bits per heavy atom.